The monoisotopic (exact) mass is 350 g/mol. The predicted octanol–water partition coefficient (Wildman–Crippen LogP) is 3.72. The summed E-state index contributed by atoms with van der Waals surface area (Å²) in [5.74, 6) is -0.177. The van der Waals surface area contributed by atoms with Crippen LogP contribution in [0.4, 0.5) is 10.2 Å². The maximum atomic E-state index is 13.6. The Morgan fingerprint density at radius 1 is 1.00 bits per heavy atom. The average Bonchev–Trinajstić information content (AvgIpc) is 2.68. The van der Waals surface area contributed by atoms with E-state index in [1.807, 2.05) is 37.3 Å². The van der Waals surface area contributed by atoms with E-state index in [1.54, 1.807) is 30.3 Å². The second kappa shape index (κ2) is 8.20. The van der Waals surface area contributed by atoms with Crippen molar-refractivity contribution in [1.29, 1.82) is 0 Å². The fourth-order valence-corrected chi connectivity index (χ4v) is 2.49. The highest BCUT2D eigenvalue weighted by Gasteiger charge is 2.11. The van der Waals surface area contributed by atoms with Gasteiger partial charge in [0.15, 0.2) is 5.69 Å². The van der Waals surface area contributed by atoms with Gasteiger partial charge in [0.1, 0.15) is 11.6 Å². The first-order valence-electron chi connectivity index (χ1n) is 8.30. The first kappa shape index (κ1) is 17.5. The van der Waals surface area contributed by atoms with Crippen LogP contribution in [0.3, 0.4) is 0 Å². The van der Waals surface area contributed by atoms with E-state index >= 15 is 0 Å². The highest BCUT2D eigenvalue weighted by molar-refractivity contribution is 5.92. The SMILES string of the molecule is CC(Nc1ccc(C(=O)NCc2ccccc2F)nn1)c1ccccc1. The molecule has 1 unspecified atom stereocenters. The van der Waals surface area contributed by atoms with Crippen LogP contribution >= 0.6 is 0 Å². The summed E-state index contributed by atoms with van der Waals surface area (Å²) in [6.07, 6.45) is 0. The predicted molar refractivity (Wildman–Crippen MR) is 98.1 cm³/mol. The van der Waals surface area contributed by atoms with Crippen LogP contribution in [-0.4, -0.2) is 16.1 Å². The van der Waals surface area contributed by atoms with E-state index in [0.29, 0.717) is 11.4 Å². The molecule has 0 fully saturated rings. The second-order valence-electron chi connectivity index (χ2n) is 5.85. The molecular formula is C20H19FN4O. The highest BCUT2D eigenvalue weighted by Crippen LogP contribution is 2.16. The van der Waals surface area contributed by atoms with Gasteiger partial charge < -0.3 is 10.6 Å². The molecule has 1 heterocycles. The summed E-state index contributed by atoms with van der Waals surface area (Å²) in [6.45, 7) is 2.12. The zero-order valence-corrected chi connectivity index (χ0v) is 14.3. The van der Waals surface area contributed by atoms with Gasteiger partial charge in [-0.05, 0) is 30.7 Å². The van der Waals surface area contributed by atoms with E-state index in [4.69, 9.17) is 0 Å². The standard InChI is InChI=1S/C20H19FN4O/c1-14(15-7-3-2-4-8-15)23-19-12-11-18(24-25-19)20(26)22-13-16-9-5-6-10-17(16)21/h2-12,14H,13H2,1H3,(H,22,26)(H,23,25). The molecule has 0 radical (unpaired) electrons. The molecule has 3 aromatic rings. The molecular weight excluding hydrogens is 331 g/mol. The number of nitrogens with zero attached hydrogens (tertiary/aromatic N) is 2. The number of anilines is 1. The summed E-state index contributed by atoms with van der Waals surface area (Å²) in [5.41, 5.74) is 1.73. The minimum Gasteiger partial charge on any atom is -0.362 e. The summed E-state index contributed by atoms with van der Waals surface area (Å²) in [6, 6.07) is 19.6. The highest BCUT2D eigenvalue weighted by atomic mass is 19.1. The molecule has 0 spiro atoms. The Morgan fingerprint density at radius 3 is 2.42 bits per heavy atom. The van der Waals surface area contributed by atoms with Crippen LogP contribution in [0.5, 0.6) is 0 Å². The van der Waals surface area contributed by atoms with Crippen molar-refractivity contribution in [2.75, 3.05) is 5.32 Å². The van der Waals surface area contributed by atoms with E-state index in [1.165, 1.54) is 6.07 Å². The van der Waals surface area contributed by atoms with Crippen LogP contribution in [0, 0.1) is 5.82 Å². The number of carbonyl (C=O) groups excluding carboxylic acids is 1. The number of hydrogen-bond acceptors (Lipinski definition) is 4. The first-order chi connectivity index (χ1) is 12.6. The summed E-state index contributed by atoms with van der Waals surface area (Å²) in [7, 11) is 0. The fraction of sp³-hybridized carbons (Fsp3) is 0.150. The van der Waals surface area contributed by atoms with E-state index in [2.05, 4.69) is 20.8 Å². The first-order valence-corrected chi connectivity index (χ1v) is 8.30. The van der Waals surface area contributed by atoms with Crippen molar-refractivity contribution in [2.24, 2.45) is 0 Å². The van der Waals surface area contributed by atoms with Gasteiger partial charge in [-0.2, -0.15) is 0 Å². The van der Waals surface area contributed by atoms with Crippen molar-refractivity contribution in [3.63, 3.8) is 0 Å². The van der Waals surface area contributed by atoms with E-state index in [9.17, 15) is 9.18 Å². The largest absolute Gasteiger partial charge is 0.362 e. The molecule has 0 saturated carbocycles. The van der Waals surface area contributed by atoms with Gasteiger partial charge in [0.2, 0.25) is 0 Å². The van der Waals surface area contributed by atoms with Crippen molar-refractivity contribution < 1.29 is 9.18 Å². The van der Waals surface area contributed by atoms with Gasteiger partial charge in [0, 0.05) is 18.2 Å². The zero-order chi connectivity index (χ0) is 18.4. The molecule has 6 heteroatoms. The summed E-state index contributed by atoms with van der Waals surface area (Å²) < 4.78 is 13.6. The molecule has 3 rings (SSSR count). The second-order valence-corrected chi connectivity index (χ2v) is 5.85. The van der Waals surface area contributed by atoms with E-state index < -0.39 is 5.91 Å². The molecule has 1 amide bonds. The van der Waals surface area contributed by atoms with Crippen LogP contribution in [0.1, 0.15) is 34.6 Å². The van der Waals surface area contributed by atoms with Crippen LogP contribution in [0.15, 0.2) is 66.7 Å². The number of rotatable bonds is 6. The molecule has 2 N–H and O–H groups in total. The Balaban J connectivity index is 1.58. The molecule has 2 aromatic carbocycles. The number of carbonyl (C=O) groups is 1. The van der Waals surface area contributed by atoms with Gasteiger partial charge in [0.05, 0.1) is 0 Å². The van der Waals surface area contributed by atoms with Crippen LogP contribution < -0.4 is 10.6 Å². The Bertz CT molecular complexity index is 868. The number of hydrogen-bond donors (Lipinski definition) is 2. The van der Waals surface area contributed by atoms with Gasteiger partial charge in [-0.15, -0.1) is 10.2 Å². The number of halogens is 1. The maximum Gasteiger partial charge on any atom is 0.272 e. The quantitative estimate of drug-likeness (QED) is 0.711. The number of amides is 1. The van der Waals surface area contributed by atoms with Crippen molar-refractivity contribution in [1.82, 2.24) is 15.5 Å². The number of aromatic nitrogens is 2. The summed E-state index contributed by atoms with van der Waals surface area (Å²) >= 11 is 0. The molecule has 5 nitrogen and oxygen atoms in total. The van der Waals surface area contributed by atoms with Crippen LogP contribution in [-0.2, 0) is 6.54 Å². The molecule has 132 valence electrons. The normalized spacial score (nSPS) is 11.6. The lowest BCUT2D eigenvalue weighted by molar-refractivity contribution is 0.0944. The number of benzene rings is 2. The Hall–Kier alpha value is -3.28. The van der Waals surface area contributed by atoms with Gasteiger partial charge in [-0.25, -0.2) is 4.39 Å². The van der Waals surface area contributed by atoms with Crippen molar-refractivity contribution >= 4 is 11.7 Å². The molecule has 0 saturated heterocycles. The van der Waals surface area contributed by atoms with Gasteiger partial charge in [-0.3, -0.25) is 4.79 Å². The molecule has 0 aliphatic carbocycles. The summed E-state index contributed by atoms with van der Waals surface area (Å²) in [5, 5.41) is 13.9. The van der Waals surface area contributed by atoms with Gasteiger partial charge in [0.25, 0.3) is 5.91 Å². The lowest BCUT2D eigenvalue weighted by Gasteiger charge is -2.14. The van der Waals surface area contributed by atoms with E-state index in [0.717, 1.165) is 5.56 Å². The fourth-order valence-electron chi connectivity index (χ4n) is 2.49. The molecule has 0 aliphatic heterocycles. The maximum absolute atomic E-state index is 13.6. The van der Waals surface area contributed by atoms with Crippen molar-refractivity contribution in [2.45, 2.75) is 19.5 Å². The average molecular weight is 350 g/mol. The lowest BCUT2D eigenvalue weighted by Crippen LogP contribution is -2.24. The van der Waals surface area contributed by atoms with Crippen LogP contribution in [0.2, 0.25) is 0 Å². The molecule has 0 bridgehead atoms. The third-order valence-electron chi connectivity index (χ3n) is 3.96. The number of nitrogens with one attached hydrogen (secondary N) is 2. The summed E-state index contributed by atoms with van der Waals surface area (Å²) in [4.78, 5) is 12.1. The molecule has 0 aliphatic rings. The molecule has 1 aromatic heterocycles. The van der Waals surface area contributed by atoms with Gasteiger partial charge >= 0.3 is 0 Å². The minimum absolute atomic E-state index is 0.0613. The molecule has 1 atom stereocenters. The Labute approximate surface area is 151 Å². The van der Waals surface area contributed by atoms with Crippen LogP contribution in [0.25, 0.3) is 0 Å². The smallest absolute Gasteiger partial charge is 0.272 e. The third-order valence-corrected chi connectivity index (χ3v) is 3.96. The minimum atomic E-state index is -0.400. The zero-order valence-electron chi connectivity index (χ0n) is 14.3. The molecule has 26 heavy (non-hydrogen) atoms. The Morgan fingerprint density at radius 2 is 1.73 bits per heavy atom. The third kappa shape index (κ3) is 4.42. The Kier molecular flexibility index (Phi) is 5.53. The lowest BCUT2D eigenvalue weighted by atomic mass is 10.1. The van der Waals surface area contributed by atoms with Gasteiger partial charge in [-0.1, -0.05) is 48.5 Å². The van der Waals surface area contributed by atoms with Crippen molar-refractivity contribution in [3.05, 3.63) is 89.4 Å². The van der Waals surface area contributed by atoms with E-state index in [-0.39, 0.29) is 24.1 Å². The topological polar surface area (TPSA) is 66.9 Å². The van der Waals surface area contributed by atoms with Crippen molar-refractivity contribution in [3.8, 4) is 0 Å².